The van der Waals surface area contributed by atoms with Gasteiger partial charge in [-0.2, -0.15) is 5.10 Å². The zero-order valence-electron chi connectivity index (χ0n) is 10.9. The molecule has 0 aliphatic heterocycles. The van der Waals surface area contributed by atoms with Crippen molar-refractivity contribution in [2.45, 2.75) is 65.7 Å². The molecule has 0 saturated heterocycles. The molecule has 0 atom stereocenters. The summed E-state index contributed by atoms with van der Waals surface area (Å²) < 4.78 is 0. The third kappa shape index (κ3) is 6.19. The summed E-state index contributed by atoms with van der Waals surface area (Å²) in [7, 11) is -1.22. The molecule has 0 aromatic heterocycles. The summed E-state index contributed by atoms with van der Waals surface area (Å²) in [5, 5.41) is 5.98. The zero-order valence-corrected chi connectivity index (χ0v) is 11.9. The van der Waals surface area contributed by atoms with Crippen LogP contribution in [0.4, 0.5) is 0 Å². The van der Waals surface area contributed by atoms with Gasteiger partial charge in [0.1, 0.15) is 0 Å². The molecule has 0 saturated carbocycles. The van der Waals surface area contributed by atoms with E-state index in [9.17, 15) is 0 Å². The maximum absolute atomic E-state index is 4.58. The molecule has 2 nitrogen and oxygen atoms in total. The van der Waals surface area contributed by atoms with E-state index in [2.05, 4.69) is 57.9 Å². The summed E-state index contributed by atoms with van der Waals surface area (Å²) in [6.07, 6.45) is 2.33. The van der Waals surface area contributed by atoms with Crippen molar-refractivity contribution in [3.63, 3.8) is 0 Å². The first-order valence-electron chi connectivity index (χ1n) is 5.51. The SMILES string of the molecule is CCCC(=NNC(C)(C)C)[Si](C)(C)C. The molecule has 0 amide bonds. The lowest BCUT2D eigenvalue weighted by molar-refractivity contribution is 0.441. The van der Waals surface area contributed by atoms with E-state index in [1.807, 2.05) is 0 Å². The predicted molar refractivity (Wildman–Crippen MR) is 68.6 cm³/mol. The molecule has 1 N–H and O–H groups in total. The van der Waals surface area contributed by atoms with Gasteiger partial charge in [0.25, 0.3) is 0 Å². The van der Waals surface area contributed by atoms with Gasteiger partial charge in [-0.15, -0.1) is 0 Å². The van der Waals surface area contributed by atoms with Gasteiger partial charge in [0.15, 0.2) is 0 Å². The Bertz CT molecular complexity index is 196. The average Bonchev–Trinajstić information content (AvgIpc) is 1.93. The molecule has 0 unspecified atom stereocenters. The quantitative estimate of drug-likeness (QED) is 0.433. The molecule has 14 heavy (non-hydrogen) atoms. The van der Waals surface area contributed by atoms with E-state index in [0.29, 0.717) is 0 Å². The van der Waals surface area contributed by atoms with Gasteiger partial charge >= 0.3 is 0 Å². The van der Waals surface area contributed by atoms with Gasteiger partial charge in [-0.1, -0.05) is 33.0 Å². The highest BCUT2D eigenvalue weighted by molar-refractivity contribution is 7.04. The molecule has 84 valence electrons. The van der Waals surface area contributed by atoms with Crippen molar-refractivity contribution in [3.05, 3.63) is 0 Å². The molecule has 0 rings (SSSR count). The molecule has 0 heterocycles. The maximum Gasteiger partial charge on any atom is 0.0982 e. The van der Waals surface area contributed by atoms with Gasteiger partial charge in [-0.05, 0) is 27.2 Å². The molecular formula is C11H26N2Si. The standard InChI is InChI=1S/C11H26N2Si/c1-8-9-10(14(5,6)7)12-13-11(2,3)4/h13H,8-9H2,1-7H3. The van der Waals surface area contributed by atoms with Crippen LogP contribution in [-0.4, -0.2) is 18.9 Å². The first-order valence-corrected chi connectivity index (χ1v) is 9.01. The van der Waals surface area contributed by atoms with E-state index in [0.717, 1.165) is 6.42 Å². The summed E-state index contributed by atoms with van der Waals surface area (Å²) in [6, 6.07) is 0. The zero-order chi connectivity index (χ0) is 11.4. The van der Waals surface area contributed by atoms with Crippen LogP contribution in [0.5, 0.6) is 0 Å². The molecule has 0 radical (unpaired) electrons. The van der Waals surface area contributed by atoms with Crippen LogP contribution in [0.1, 0.15) is 40.5 Å². The molecule has 0 aromatic carbocycles. The van der Waals surface area contributed by atoms with Crippen LogP contribution in [0, 0.1) is 0 Å². The monoisotopic (exact) mass is 214 g/mol. The van der Waals surface area contributed by atoms with Crippen LogP contribution in [0.15, 0.2) is 5.10 Å². The van der Waals surface area contributed by atoms with Crippen molar-refractivity contribution in [1.29, 1.82) is 0 Å². The van der Waals surface area contributed by atoms with Crippen molar-refractivity contribution in [2.75, 3.05) is 0 Å². The molecular weight excluding hydrogens is 188 g/mol. The fourth-order valence-corrected chi connectivity index (χ4v) is 2.46. The van der Waals surface area contributed by atoms with E-state index < -0.39 is 8.07 Å². The fraction of sp³-hybridized carbons (Fsp3) is 0.909. The molecule has 0 aliphatic rings. The fourth-order valence-electron chi connectivity index (χ4n) is 1.07. The highest BCUT2D eigenvalue weighted by Gasteiger charge is 2.21. The Balaban J connectivity index is 4.50. The normalized spacial score (nSPS) is 14.4. The molecule has 0 fully saturated rings. The van der Waals surface area contributed by atoms with Crippen molar-refractivity contribution in [1.82, 2.24) is 5.43 Å². The first kappa shape index (κ1) is 13.7. The van der Waals surface area contributed by atoms with Crippen molar-refractivity contribution >= 4 is 13.4 Å². The lowest BCUT2D eigenvalue weighted by Gasteiger charge is -2.23. The molecule has 0 bridgehead atoms. The van der Waals surface area contributed by atoms with E-state index in [1.54, 1.807) is 0 Å². The van der Waals surface area contributed by atoms with Gasteiger partial charge < -0.3 is 5.43 Å². The minimum Gasteiger partial charge on any atom is -0.305 e. The Hall–Kier alpha value is -0.313. The van der Waals surface area contributed by atoms with Crippen LogP contribution >= 0.6 is 0 Å². The number of hydrogen-bond acceptors (Lipinski definition) is 2. The Labute approximate surface area is 90.2 Å². The molecule has 0 aromatic rings. The summed E-state index contributed by atoms with van der Waals surface area (Å²) in [5.74, 6) is 0. The van der Waals surface area contributed by atoms with Crippen LogP contribution in [0.2, 0.25) is 19.6 Å². The first-order chi connectivity index (χ1) is 6.17. The second-order valence-corrected chi connectivity index (χ2v) is 11.0. The molecule has 0 spiro atoms. The Kier molecular flexibility index (Phi) is 4.85. The molecule has 3 heteroatoms. The average molecular weight is 214 g/mol. The highest BCUT2D eigenvalue weighted by atomic mass is 28.3. The molecule has 0 aliphatic carbocycles. The van der Waals surface area contributed by atoms with Crippen molar-refractivity contribution in [3.8, 4) is 0 Å². The lowest BCUT2D eigenvalue weighted by Crippen LogP contribution is -2.39. The minimum atomic E-state index is -1.22. The Morgan fingerprint density at radius 3 is 2.00 bits per heavy atom. The van der Waals surface area contributed by atoms with Gasteiger partial charge in [0.2, 0.25) is 0 Å². The third-order valence-corrected chi connectivity index (χ3v) is 3.97. The Morgan fingerprint density at radius 1 is 1.21 bits per heavy atom. The van der Waals surface area contributed by atoms with Gasteiger partial charge in [-0.25, -0.2) is 0 Å². The highest BCUT2D eigenvalue weighted by Crippen LogP contribution is 2.10. The van der Waals surface area contributed by atoms with Crippen molar-refractivity contribution < 1.29 is 0 Å². The van der Waals surface area contributed by atoms with Crippen LogP contribution in [-0.2, 0) is 0 Å². The van der Waals surface area contributed by atoms with E-state index in [-0.39, 0.29) is 5.54 Å². The van der Waals surface area contributed by atoms with Gasteiger partial charge in [0, 0.05) is 10.9 Å². The van der Waals surface area contributed by atoms with Crippen LogP contribution < -0.4 is 5.43 Å². The number of nitrogens with zero attached hydrogens (tertiary/aromatic N) is 1. The van der Waals surface area contributed by atoms with E-state index >= 15 is 0 Å². The summed E-state index contributed by atoms with van der Waals surface area (Å²) in [4.78, 5) is 0. The van der Waals surface area contributed by atoms with E-state index in [1.165, 1.54) is 11.8 Å². The Morgan fingerprint density at radius 2 is 1.71 bits per heavy atom. The number of hydrazone groups is 1. The van der Waals surface area contributed by atoms with Gasteiger partial charge in [-0.3, -0.25) is 0 Å². The van der Waals surface area contributed by atoms with Gasteiger partial charge in [0.05, 0.1) is 8.07 Å². The second-order valence-electron chi connectivity index (χ2n) is 5.92. The summed E-state index contributed by atoms with van der Waals surface area (Å²) in [6.45, 7) is 15.7. The van der Waals surface area contributed by atoms with E-state index in [4.69, 9.17) is 0 Å². The van der Waals surface area contributed by atoms with Crippen LogP contribution in [0.3, 0.4) is 0 Å². The predicted octanol–water partition coefficient (Wildman–Crippen LogP) is 3.41. The number of hydrogen-bond donors (Lipinski definition) is 1. The second kappa shape index (κ2) is 4.96. The topological polar surface area (TPSA) is 24.4 Å². The maximum atomic E-state index is 4.58. The number of rotatable bonds is 4. The lowest BCUT2D eigenvalue weighted by atomic mass is 10.1. The third-order valence-electron chi connectivity index (χ3n) is 1.88. The summed E-state index contributed by atoms with van der Waals surface area (Å²) in [5.41, 5.74) is 3.32. The van der Waals surface area contributed by atoms with Crippen molar-refractivity contribution in [2.24, 2.45) is 5.10 Å². The number of nitrogens with one attached hydrogen (secondary N) is 1. The summed E-state index contributed by atoms with van der Waals surface area (Å²) >= 11 is 0. The minimum absolute atomic E-state index is 0.0820. The van der Waals surface area contributed by atoms with Crippen LogP contribution in [0.25, 0.3) is 0 Å². The smallest absolute Gasteiger partial charge is 0.0982 e. The largest absolute Gasteiger partial charge is 0.305 e.